The first-order chi connectivity index (χ1) is 7.20. The highest BCUT2D eigenvalue weighted by Crippen LogP contribution is 2.24. The van der Waals surface area contributed by atoms with Crippen molar-refractivity contribution in [1.29, 1.82) is 0 Å². The molecule has 3 N–H and O–H groups in total. The zero-order valence-electron chi connectivity index (χ0n) is 8.81. The maximum atomic E-state index is 11.1. The van der Waals surface area contributed by atoms with Crippen LogP contribution < -0.4 is 11.1 Å². The van der Waals surface area contributed by atoms with Gasteiger partial charge in [0.1, 0.15) is 6.04 Å². The number of hydrogen-bond donors (Lipinski definition) is 2. The van der Waals surface area contributed by atoms with E-state index < -0.39 is 0 Å². The molecule has 2 unspecified atom stereocenters. The van der Waals surface area contributed by atoms with Gasteiger partial charge in [0, 0.05) is 24.4 Å². The van der Waals surface area contributed by atoms with Crippen molar-refractivity contribution in [2.24, 2.45) is 5.73 Å². The van der Waals surface area contributed by atoms with E-state index in [0.717, 1.165) is 25.2 Å². The Morgan fingerprint density at radius 3 is 3.20 bits per heavy atom. The van der Waals surface area contributed by atoms with Gasteiger partial charge >= 0.3 is 0 Å². The topological polar surface area (TPSA) is 72.9 Å². The van der Waals surface area contributed by atoms with E-state index in [0.29, 0.717) is 5.92 Å². The summed E-state index contributed by atoms with van der Waals surface area (Å²) < 4.78 is 1.88. The highest BCUT2D eigenvalue weighted by molar-refractivity contribution is 5.78. The van der Waals surface area contributed by atoms with Crippen LogP contribution in [0.4, 0.5) is 0 Å². The molecule has 0 spiro atoms. The van der Waals surface area contributed by atoms with E-state index in [-0.39, 0.29) is 11.9 Å². The standard InChI is InChI=1S/C10H16N4O/c1-7(10(11)15)14-6-13-5-9(14)8-2-3-12-4-8/h5-8,12H,2-4H2,1H3,(H2,11,15). The van der Waals surface area contributed by atoms with Gasteiger partial charge in [0.25, 0.3) is 0 Å². The zero-order chi connectivity index (χ0) is 10.8. The van der Waals surface area contributed by atoms with Gasteiger partial charge in [0.2, 0.25) is 5.91 Å². The van der Waals surface area contributed by atoms with Crippen LogP contribution in [-0.4, -0.2) is 28.5 Å². The van der Waals surface area contributed by atoms with Crippen molar-refractivity contribution >= 4 is 5.91 Å². The fourth-order valence-corrected chi connectivity index (χ4v) is 2.00. The third-order valence-corrected chi connectivity index (χ3v) is 3.00. The van der Waals surface area contributed by atoms with E-state index in [1.54, 1.807) is 13.3 Å². The highest BCUT2D eigenvalue weighted by Gasteiger charge is 2.23. The van der Waals surface area contributed by atoms with E-state index in [1.165, 1.54) is 0 Å². The summed E-state index contributed by atoms with van der Waals surface area (Å²) in [5.41, 5.74) is 6.39. The number of primary amides is 1. The Morgan fingerprint density at radius 1 is 1.80 bits per heavy atom. The van der Waals surface area contributed by atoms with Gasteiger partial charge in [-0.2, -0.15) is 0 Å². The Kier molecular flexibility index (Phi) is 2.73. The first kappa shape index (κ1) is 10.2. The van der Waals surface area contributed by atoms with Gasteiger partial charge < -0.3 is 15.6 Å². The second-order valence-corrected chi connectivity index (χ2v) is 3.99. The van der Waals surface area contributed by atoms with Crippen LogP contribution >= 0.6 is 0 Å². The van der Waals surface area contributed by atoms with Crippen molar-refractivity contribution in [2.75, 3.05) is 13.1 Å². The number of hydrogen-bond acceptors (Lipinski definition) is 3. The summed E-state index contributed by atoms with van der Waals surface area (Å²) in [6.45, 7) is 3.79. The molecule has 1 aromatic rings. The van der Waals surface area contributed by atoms with Crippen LogP contribution in [0.1, 0.15) is 31.0 Å². The fraction of sp³-hybridized carbons (Fsp3) is 0.600. The monoisotopic (exact) mass is 208 g/mol. The van der Waals surface area contributed by atoms with Crippen LogP contribution in [0, 0.1) is 0 Å². The molecule has 1 amide bonds. The molecule has 15 heavy (non-hydrogen) atoms. The molecule has 0 aliphatic carbocycles. The van der Waals surface area contributed by atoms with Crippen LogP contribution in [-0.2, 0) is 4.79 Å². The van der Waals surface area contributed by atoms with Crippen LogP contribution in [0.2, 0.25) is 0 Å². The van der Waals surface area contributed by atoms with Crippen molar-refractivity contribution in [3.8, 4) is 0 Å². The largest absolute Gasteiger partial charge is 0.368 e. The molecule has 2 rings (SSSR count). The number of carbonyl (C=O) groups is 1. The smallest absolute Gasteiger partial charge is 0.240 e. The summed E-state index contributed by atoms with van der Waals surface area (Å²) in [4.78, 5) is 15.2. The van der Waals surface area contributed by atoms with Gasteiger partial charge in [-0.15, -0.1) is 0 Å². The number of rotatable bonds is 3. The first-order valence-corrected chi connectivity index (χ1v) is 5.22. The van der Waals surface area contributed by atoms with Crippen molar-refractivity contribution in [2.45, 2.75) is 25.3 Å². The minimum Gasteiger partial charge on any atom is -0.368 e. The lowest BCUT2D eigenvalue weighted by molar-refractivity contribution is -0.120. The molecule has 1 fully saturated rings. The Hall–Kier alpha value is -1.36. The lowest BCUT2D eigenvalue weighted by atomic mass is 10.1. The Balaban J connectivity index is 2.24. The average Bonchev–Trinajstić information content (AvgIpc) is 2.86. The molecule has 1 aliphatic heterocycles. The van der Waals surface area contributed by atoms with Gasteiger partial charge in [-0.25, -0.2) is 4.98 Å². The number of aromatic nitrogens is 2. The Labute approximate surface area is 88.7 Å². The Morgan fingerprint density at radius 2 is 2.60 bits per heavy atom. The predicted octanol–water partition coefficient (Wildman–Crippen LogP) is 0.00630. The number of carbonyl (C=O) groups excluding carboxylic acids is 1. The summed E-state index contributed by atoms with van der Waals surface area (Å²) in [6.07, 6.45) is 4.61. The molecule has 1 aliphatic rings. The van der Waals surface area contributed by atoms with Crippen molar-refractivity contribution < 1.29 is 4.79 Å². The van der Waals surface area contributed by atoms with E-state index in [4.69, 9.17) is 5.73 Å². The van der Waals surface area contributed by atoms with Crippen molar-refractivity contribution in [3.63, 3.8) is 0 Å². The van der Waals surface area contributed by atoms with Gasteiger partial charge in [0.05, 0.1) is 6.33 Å². The first-order valence-electron chi connectivity index (χ1n) is 5.22. The maximum Gasteiger partial charge on any atom is 0.240 e. The third kappa shape index (κ3) is 1.87. The molecule has 5 nitrogen and oxygen atoms in total. The minimum absolute atomic E-state index is 0.317. The summed E-state index contributed by atoms with van der Waals surface area (Å²) in [7, 11) is 0. The molecule has 2 heterocycles. The molecular formula is C10H16N4O. The number of nitrogens with two attached hydrogens (primary N) is 1. The average molecular weight is 208 g/mol. The Bertz CT molecular complexity index is 354. The molecule has 5 heteroatoms. The van der Waals surface area contributed by atoms with Crippen molar-refractivity contribution in [1.82, 2.24) is 14.9 Å². The van der Waals surface area contributed by atoms with Gasteiger partial charge in [0.15, 0.2) is 0 Å². The SMILES string of the molecule is CC(C(N)=O)n1cncc1C1CCNC1. The maximum absolute atomic E-state index is 11.1. The van der Waals surface area contributed by atoms with Crippen molar-refractivity contribution in [3.05, 3.63) is 18.2 Å². The fourth-order valence-electron chi connectivity index (χ4n) is 2.00. The second-order valence-electron chi connectivity index (χ2n) is 3.99. The normalized spacial score (nSPS) is 22.9. The quantitative estimate of drug-likeness (QED) is 0.734. The molecule has 0 radical (unpaired) electrons. The molecule has 82 valence electrons. The molecule has 0 bridgehead atoms. The van der Waals surface area contributed by atoms with E-state index >= 15 is 0 Å². The second kappa shape index (κ2) is 4.02. The summed E-state index contributed by atoms with van der Waals surface area (Å²) in [5, 5.41) is 3.30. The van der Waals surface area contributed by atoms with E-state index in [2.05, 4.69) is 10.3 Å². The van der Waals surface area contributed by atoms with Gasteiger partial charge in [-0.1, -0.05) is 0 Å². The van der Waals surface area contributed by atoms with Crippen LogP contribution in [0.3, 0.4) is 0 Å². The van der Waals surface area contributed by atoms with E-state index in [1.807, 2.05) is 10.8 Å². The molecule has 1 aromatic heterocycles. The molecule has 2 atom stereocenters. The number of amides is 1. The zero-order valence-corrected chi connectivity index (χ0v) is 8.81. The van der Waals surface area contributed by atoms with Crippen LogP contribution in [0.15, 0.2) is 12.5 Å². The summed E-state index contributed by atoms with van der Waals surface area (Å²) in [5.74, 6) is 0.134. The lowest BCUT2D eigenvalue weighted by Gasteiger charge is -2.16. The van der Waals surface area contributed by atoms with Gasteiger partial charge in [-0.05, 0) is 19.9 Å². The lowest BCUT2D eigenvalue weighted by Crippen LogP contribution is -2.25. The number of nitrogens with one attached hydrogen (secondary N) is 1. The number of imidazole rings is 1. The van der Waals surface area contributed by atoms with Crippen LogP contribution in [0.25, 0.3) is 0 Å². The molecule has 0 saturated carbocycles. The molecular weight excluding hydrogens is 192 g/mol. The predicted molar refractivity (Wildman–Crippen MR) is 56.4 cm³/mol. The van der Waals surface area contributed by atoms with Gasteiger partial charge in [-0.3, -0.25) is 4.79 Å². The highest BCUT2D eigenvalue weighted by atomic mass is 16.1. The summed E-state index contributed by atoms with van der Waals surface area (Å²) in [6, 6.07) is -0.317. The molecule has 1 saturated heterocycles. The molecule has 0 aromatic carbocycles. The summed E-state index contributed by atoms with van der Waals surface area (Å²) >= 11 is 0. The van der Waals surface area contributed by atoms with Crippen LogP contribution in [0.5, 0.6) is 0 Å². The minimum atomic E-state index is -0.319. The van der Waals surface area contributed by atoms with E-state index in [9.17, 15) is 4.79 Å². The number of nitrogens with zero attached hydrogens (tertiary/aromatic N) is 2. The third-order valence-electron chi connectivity index (χ3n) is 3.00.